The SMILES string of the molecule is CC(C)(C)c1cc(Br)cc(-n2cnc(-c3ccccc3)c2)c1. The maximum absolute atomic E-state index is 4.53. The van der Waals surface area contributed by atoms with Crippen LogP contribution in [0, 0.1) is 0 Å². The summed E-state index contributed by atoms with van der Waals surface area (Å²) in [6.45, 7) is 6.67. The van der Waals surface area contributed by atoms with E-state index in [2.05, 4.69) is 82.8 Å². The fraction of sp³-hybridized carbons (Fsp3) is 0.211. The fourth-order valence-electron chi connectivity index (χ4n) is 2.38. The Morgan fingerprint density at radius 2 is 1.73 bits per heavy atom. The molecule has 2 aromatic carbocycles. The van der Waals surface area contributed by atoms with E-state index in [0.29, 0.717) is 0 Å². The molecule has 0 fully saturated rings. The standard InChI is InChI=1S/C19H19BrN2/c1-19(2,3)15-9-16(20)11-17(10-15)22-12-18(21-13-22)14-7-5-4-6-8-14/h4-13H,1-3H3. The van der Waals surface area contributed by atoms with Crippen LogP contribution >= 0.6 is 15.9 Å². The average molecular weight is 355 g/mol. The molecule has 0 amide bonds. The highest BCUT2D eigenvalue weighted by Crippen LogP contribution is 2.29. The lowest BCUT2D eigenvalue weighted by atomic mass is 9.87. The van der Waals surface area contributed by atoms with Gasteiger partial charge in [0, 0.05) is 21.9 Å². The van der Waals surface area contributed by atoms with Crippen LogP contribution in [0.1, 0.15) is 26.3 Å². The van der Waals surface area contributed by atoms with Gasteiger partial charge in [0.1, 0.15) is 0 Å². The van der Waals surface area contributed by atoms with Gasteiger partial charge < -0.3 is 4.57 Å². The average Bonchev–Trinajstić information content (AvgIpc) is 2.96. The number of nitrogens with zero attached hydrogens (tertiary/aromatic N) is 2. The monoisotopic (exact) mass is 354 g/mol. The van der Waals surface area contributed by atoms with Gasteiger partial charge in [-0.25, -0.2) is 4.98 Å². The van der Waals surface area contributed by atoms with Crippen molar-refractivity contribution >= 4 is 15.9 Å². The minimum atomic E-state index is 0.112. The minimum Gasteiger partial charge on any atom is -0.306 e. The molecule has 0 bridgehead atoms. The highest BCUT2D eigenvalue weighted by atomic mass is 79.9. The van der Waals surface area contributed by atoms with Crippen molar-refractivity contribution in [3.63, 3.8) is 0 Å². The molecule has 0 spiro atoms. The van der Waals surface area contributed by atoms with Gasteiger partial charge >= 0.3 is 0 Å². The summed E-state index contributed by atoms with van der Waals surface area (Å²) >= 11 is 3.62. The van der Waals surface area contributed by atoms with Crippen molar-refractivity contribution in [3.8, 4) is 16.9 Å². The zero-order valence-corrected chi connectivity index (χ0v) is 14.6. The molecule has 0 aliphatic carbocycles. The third-order valence-electron chi connectivity index (χ3n) is 3.70. The van der Waals surface area contributed by atoms with Crippen molar-refractivity contribution in [2.45, 2.75) is 26.2 Å². The summed E-state index contributed by atoms with van der Waals surface area (Å²) in [6, 6.07) is 16.8. The molecule has 2 nitrogen and oxygen atoms in total. The molecule has 22 heavy (non-hydrogen) atoms. The lowest BCUT2D eigenvalue weighted by molar-refractivity contribution is 0.589. The van der Waals surface area contributed by atoms with Crippen molar-refractivity contribution in [1.82, 2.24) is 9.55 Å². The van der Waals surface area contributed by atoms with Crippen LogP contribution in [0.25, 0.3) is 16.9 Å². The first-order valence-corrected chi connectivity index (χ1v) is 8.14. The van der Waals surface area contributed by atoms with Crippen LogP contribution in [0.15, 0.2) is 65.5 Å². The highest BCUT2D eigenvalue weighted by molar-refractivity contribution is 9.10. The second kappa shape index (κ2) is 5.73. The summed E-state index contributed by atoms with van der Waals surface area (Å²) in [5.74, 6) is 0. The second-order valence-electron chi connectivity index (χ2n) is 6.48. The molecule has 3 rings (SSSR count). The van der Waals surface area contributed by atoms with E-state index in [9.17, 15) is 0 Å². The van der Waals surface area contributed by atoms with Crippen LogP contribution in [-0.2, 0) is 5.41 Å². The predicted octanol–water partition coefficient (Wildman–Crippen LogP) is 5.60. The Balaban J connectivity index is 2.02. The van der Waals surface area contributed by atoms with Crippen LogP contribution < -0.4 is 0 Å². The second-order valence-corrected chi connectivity index (χ2v) is 7.40. The molecule has 112 valence electrons. The van der Waals surface area contributed by atoms with Crippen molar-refractivity contribution in [3.05, 3.63) is 71.1 Å². The first kappa shape index (κ1) is 15.0. The van der Waals surface area contributed by atoms with Crippen LogP contribution in [0.2, 0.25) is 0 Å². The maximum atomic E-state index is 4.53. The number of benzene rings is 2. The smallest absolute Gasteiger partial charge is 0.0999 e. The Bertz CT molecular complexity index is 783. The summed E-state index contributed by atoms with van der Waals surface area (Å²) in [5, 5.41) is 0. The Morgan fingerprint density at radius 1 is 1.00 bits per heavy atom. The van der Waals surface area contributed by atoms with Crippen molar-refractivity contribution in [1.29, 1.82) is 0 Å². The largest absolute Gasteiger partial charge is 0.306 e. The molecule has 0 aliphatic heterocycles. The van der Waals surface area contributed by atoms with Crippen molar-refractivity contribution < 1.29 is 0 Å². The fourth-order valence-corrected chi connectivity index (χ4v) is 2.86. The Morgan fingerprint density at radius 3 is 2.41 bits per heavy atom. The number of imidazole rings is 1. The van der Waals surface area contributed by atoms with Gasteiger partial charge in [-0.1, -0.05) is 67.0 Å². The number of hydrogen-bond acceptors (Lipinski definition) is 1. The Hall–Kier alpha value is -1.87. The van der Waals surface area contributed by atoms with Crippen molar-refractivity contribution in [2.75, 3.05) is 0 Å². The third-order valence-corrected chi connectivity index (χ3v) is 4.16. The van der Waals surface area contributed by atoms with E-state index in [4.69, 9.17) is 0 Å². The Kier molecular flexibility index (Phi) is 3.92. The zero-order valence-electron chi connectivity index (χ0n) is 13.0. The lowest BCUT2D eigenvalue weighted by Crippen LogP contribution is -2.11. The van der Waals surface area contributed by atoms with Crippen LogP contribution in [0.4, 0.5) is 0 Å². The minimum absolute atomic E-state index is 0.112. The van der Waals surface area contributed by atoms with E-state index in [1.165, 1.54) is 5.56 Å². The molecule has 0 N–H and O–H groups in total. The van der Waals surface area contributed by atoms with Gasteiger partial charge in [0.15, 0.2) is 0 Å². The quantitative estimate of drug-likeness (QED) is 0.585. The molecule has 0 saturated heterocycles. The molecule has 0 radical (unpaired) electrons. The predicted molar refractivity (Wildman–Crippen MR) is 95.4 cm³/mol. The topological polar surface area (TPSA) is 17.8 Å². The van der Waals surface area contributed by atoms with E-state index < -0.39 is 0 Å². The molecule has 0 aliphatic rings. The Labute approximate surface area is 140 Å². The lowest BCUT2D eigenvalue weighted by Gasteiger charge is -2.20. The number of aromatic nitrogens is 2. The summed E-state index contributed by atoms with van der Waals surface area (Å²) in [6.07, 6.45) is 3.94. The first-order valence-electron chi connectivity index (χ1n) is 7.34. The van der Waals surface area contributed by atoms with E-state index >= 15 is 0 Å². The number of rotatable bonds is 2. The van der Waals surface area contributed by atoms with Gasteiger partial charge in [-0.3, -0.25) is 0 Å². The van der Waals surface area contributed by atoms with E-state index in [1.54, 1.807) is 0 Å². The normalized spacial score (nSPS) is 11.6. The van der Waals surface area contributed by atoms with Crippen LogP contribution in [0.3, 0.4) is 0 Å². The maximum Gasteiger partial charge on any atom is 0.0999 e. The van der Waals surface area contributed by atoms with Gasteiger partial charge in [0.05, 0.1) is 12.0 Å². The van der Waals surface area contributed by atoms with Crippen LogP contribution in [-0.4, -0.2) is 9.55 Å². The molecule has 0 saturated carbocycles. The summed E-state index contributed by atoms with van der Waals surface area (Å²) in [4.78, 5) is 4.53. The zero-order chi connectivity index (χ0) is 15.7. The van der Waals surface area contributed by atoms with E-state index in [-0.39, 0.29) is 5.41 Å². The van der Waals surface area contributed by atoms with Gasteiger partial charge in [0.2, 0.25) is 0 Å². The summed E-state index contributed by atoms with van der Waals surface area (Å²) < 4.78 is 3.16. The third kappa shape index (κ3) is 3.14. The molecule has 0 atom stereocenters. The summed E-state index contributed by atoms with van der Waals surface area (Å²) in [5.41, 5.74) is 4.65. The molecule has 3 heteroatoms. The van der Waals surface area contributed by atoms with Crippen molar-refractivity contribution in [2.24, 2.45) is 0 Å². The van der Waals surface area contributed by atoms with Gasteiger partial charge in [-0.2, -0.15) is 0 Å². The summed E-state index contributed by atoms with van der Waals surface area (Å²) in [7, 11) is 0. The molecule has 0 unspecified atom stereocenters. The first-order chi connectivity index (χ1) is 10.4. The molecular formula is C19H19BrN2. The van der Waals surface area contributed by atoms with E-state index in [1.807, 2.05) is 24.5 Å². The van der Waals surface area contributed by atoms with Gasteiger partial charge in [-0.05, 0) is 29.2 Å². The molecule has 1 aromatic heterocycles. The molecule has 3 aromatic rings. The highest BCUT2D eigenvalue weighted by Gasteiger charge is 2.15. The van der Waals surface area contributed by atoms with Gasteiger partial charge in [0.25, 0.3) is 0 Å². The van der Waals surface area contributed by atoms with Crippen LogP contribution in [0.5, 0.6) is 0 Å². The van der Waals surface area contributed by atoms with E-state index in [0.717, 1.165) is 21.4 Å². The molecule has 1 heterocycles. The number of hydrogen-bond donors (Lipinski definition) is 0. The molecular weight excluding hydrogens is 336 g/mol. The number of halogens is 1. The van der Waals surface area contributed by atoms with Gasteiger partial charge in [-0.15, -0.1) is 0 Å².